The highest BCUT2D eigenvalue weighted by Crippen LogP contribution is 2.25. The van der Waals surface area contributed by atoms with E-state index in [4.69, 9.17) is 10.5 Å². The van der Waals surface area contributed by atoms with Gasteiger partial charge in [0.15, 0.2) is 9.84 Å². The molecule has 0 heterocycles. The second-order valence-electron chi connectivity index (χ2n) is 4.93. The molecule has 0 saturated heterocycles. The molecule has 1 atom stereocenters. The Morgan fingerprint density at radius 2 is 1.76 bits per heavy atom. The van der Waals surface area contributed by atoms with Gasteiger partial charge in [-0.05, 0) is 42.3 Å². The molecule has 0 spiro atoms. The minimum absolute atomic E-state index is 0.0209. The monoisotopic (exact) mass is 305 g/mol. The van der Waals surface area contributed by atoms with Crippen LogP contribution >= 0.6 is 0 Å². The first-order chi connectivity index (χ1) is 9.90. The molecule has 5 heteroatoms. The predicted molar refractivity (Wildman–Crippen MR) is 83.3 cm³/mol. The fourth-order valence-corrected chi connectivity index (χ4v) is 2.58. The summed E-state index contributed by atoms with van der Waals surface area (Å²) >= 11 is 0. The van der Waals surface area contributed by atoms with Crippen LogP contribution in [0.25, 0.3) is 0 Å². The zero-order valence-corrected chi connectivity index (χ0v) is 12.9. The molecular weight excluding hydrogens is 286 g/mol. The van der Waals surface area contributed by atoms with Gasteiger partial charge >= 0.3 is 0 Å². The van der Waals surface area contributed by atoms with Gasteiger partial charge < -0.3 is 10.5 Å². The van der Waals surface area contributed by atoms with Crippen LogP contribution in [0.4, 0.5) is 0 Å². The lowest BCUT2D eigenvalue weighted by molar-refractivity contribution is 0.480. The number of sulfone groups is 1. The summed E-state index contributed by atoms with van der Waals surface area (Å²) in [7, 11) is -3.24. The Morgan fingerprint density at radius 3 is 2.33 bits per heavy atom. The van der Waals surface area contributed by atoms with Crippen molar-refractivity contribution in [3.05, 3.63) is 54.1 Å². The minimum atomic E-state index is -3.24. The van der Waals surface area contributed by atoms with E-state index in [0.29, 0.717) is 11.5 Å². The van der Waals surface area contributed by atoms with Crippen LogP contribution in [0.1, 0.15) is 24.9 Å². The van der Waals surface area contributed by atoms with Gasteiger partial charge in [-0.1, -0.05) is 25.1 Å². The van der Waals surface area contributed by atoms with Gasteiger partial charge in [-0.15, -0.1) is 0 Å². The number of hydrogen-bond acceptors (Lipinski definition) is 4. The molecule has 0 aliphatic rings. The maximum absolute atomic E-state index is 11.5. The molecule has 0 fully saturated rings. The van der Waals surface area contributed by atoms with E-state index in [-0.39, 0.29) is 10.9 Å². The molecule has 0 amide bonds. The van der Waals surface area contributed by atoms with Crippen LogP contribution in [0.15, 0.2) is 53.4 Å². The SMILES string of the molecule is CCC(N)c1ccc(Oc2cccc(S(C)(=O)=O)c2)cc1. The minimum Gasteiger partial charge on any atom is -0.457 e. The van der Waals surface area contributed by atoms with Gasteiger partial charge in [0, 0.05) is 12.3 Å². The smallest absolute Gasteiger partial charge is 0.175 e. The van der Waals surface area contributed by atoms with E-state index in [0.717, 1.165) is 12.0 Å². The number of hydrogen-bond donors (Lipinski definition) is 1. The number of nitrogens with two attached hydrogens (primary N) is 1. The van der Waals surface area contributed by atoms with Gasteiger partial charge in [-0.3, -0.25) is 0 Å². The normalized spacial score (nSPS) is 12.9. The molecule has 2 rings (SSSR count). The van der Waals surface area contributed by atoms with Crippen molar-refractivity contribution in [2.24, 2.45) is 5.73 Å². The zero-order valence-electron chi connectivity index (χ0n) is 12.1. The fourth-order valence-electron chi connectivity index (χ4n) is 1.92. The third-order valence-corrected chi connectivity index (χ3v) is 4.33. The second-order valence-corrected chi connectivity index (χ2v) is 6.95. The Morgan fingerprint density at radius 1 is 1.10 bits per heavy atom. The lowest BCUT2D eigenvalue weighted by Crippen LogP contribution is -2.08. The highest BCUT2D eigenvalue weighted by molar-refractivity contribution is 7.90. The molecular formula is C16H19NO3S. The van der Waals surface area contributed by atoms with Gasteiger partial charge in [0.25, 0.3) is 0 Å². The van der Waals surface area contributed by atoms with Gasteiger partial charge in [0.1, 0.15) is 11.5 Å². The summed E-state index contributed by atoms with van der Waals surface area (Å²) in [5.74, 6) is 1.14. The van der Waals surface area contributed by atoms with Gasteiger partial charge in [0.05, 0.1) is 4.90 Å². The number of rotatable bonds is 5. The summed E-state index contributed by atoms with van der Waals surface area (Å²) in [6.45, 7) is 2.03. The third kappa shape index (κ3) is 4.06. The van der Waals surface area contributed by atoms with Gasteiger partial charge in [-0.2, -0.15) is 0 Å². The molecule has 2 N–H and O–H groups in total. The predicted octanol–water partition coefficient (Wildman–Crippen LogP) is 3.29. The first kappa shape index (κ1) is 15.5. The molecule has 1 unspecified atom stereocenters. The Bertz CT molecular complexity index is 709. The maximum Gasteiger partial charge on any atom is 0.175 e. The van der Waals surface area contributed by atoms with Crippen LogP contribution < -0.4 is 10.5 Å². The van der Waals surface area contributed by atoms with Crippen LogP contribution in [0.2, 0.25) is 0 Å². The van der Waals surface area contributed by atoms with Crippen LogP contribution in [0.3, 0.4) is 0 Å². The molecule has 112 valence electrons. The van der Waals surface area contributed by atoms with Crippen molar-refractivity contribution in [1.29, 1.82) is 0 Å². The van der Waals surface area contributed by atoms with Crippen LogP contribution in [0.5, 0.6) is 11.5 Å². The Labute approximate surface area is 125 Å². The lowest BCUT2D eigenvalue weighted by atomic mass is 10.1. The zero-order chi connectivity index (χ0) is 15.5. The average molecular weight is 305 g/mol. The molecule has 21 heavy (non-hydrogen) atoms. The quantitative estimate of drug-likeness (QED) is 0.920. The van der Waals surface area contributed by atoms with Crippen LogP contribution in [-0.2, 0) is 9.84 Å². The summed E-state index contributed by atoms with van der Waals surface area (Å²) in [6.07, 6.45) is 2.05. The summed E-state index contributed by atoms with van der Waals surface area (Å²) < 4.78 is 28.7. The van der Waals surface area contributed by atoms with Crippen molar-refractivity contribution in [2.75, 3.05) is 6.26 Å². The topological polar surface area (TPSA) is 69.4 Å². The summed E-state index contributed by atoms with van der Waals surface area (Å²) in [5.41, 5.74) is 7.01. The van der Waals surface area contributed by atoms with E-state index < -0.39 is 9.84 Å². The maximum atomic E-state index is 11.5. The fraction of sp³-hybridized carbons (Fsp3) is 0.250. The molecule has 0 aromatic heterocycles. The highest BCUT2D eigenvalue weighted by Gasteiger charge is 2.08. The van der Waals surface area contributed by atoms with Crippen LogP contribution in [-0.4, -0.2) is 14.7 Å². The van der Waals surface area contributed by atoms with E-state index in [1.807, 2.05) is 31.2 Å². The average Bonchev–Trinajstić information content (AvgIpc) is 2.47. The van der Waals surface area contributed by atoms with Crippen LogP contribution in [0, 0.1) is 0 Å². The Balaban J connectivity index is 2.19. The van der Waals surface area contributed by atoms with E-state index in [9.17, 15) is 8.42 Å². The standard InChI is InChI=1S/C16H19NO3S/c1-3-16(17)12-7-9-13(10-8-12)20-14-5-4-6-15(11-14)21(2,18)19/h4-11,16H,3,17H2,1-2H3. The highest BCUT2D eigenvalue weighted by atomic mass is 32.2. The summed E-state index contributed by atoms with van der Waals surface area (Å²) in [4.78, 5) is 0.240. The van der Waals surface area contributed by atoms with E-state index in [2.05, 4.69) is 0 Å². The molecule has 4 nitrogen and oxygen atoms in total. The van der Waals surface area contributed by atoms with Gasteiger partial charge in [-0.25, -0.2) is 8.42 Å². The molecule has 2 aromatic rings. The molecule has 0 saturated carbocycles. The largest absolute Gasteiger partial charge is 0.457 e. The first-order valence-corrected chi connectivity index (χ1v) is 8.63. The van der Waals surface area contributed by atoms with E-state index in [1.165, 1.54) is 12.3 Å². The van der Waals surface area contributed by atoms with Crippen molar-refractivity contribution in [1.82, 2.24) is 0 Å². The van der Waals surface area contributed by atoms with Crippen molar-refractivity contribution < 1.29 is 13.2 Å². The second kappa shape index (κ2) is 6.28. The van der Waals surface area contributed by atoms with E-state index in [1.54, 1.807) is 18.2 Å². The van der Waals surface area contributed by atoms with Crippen molar-refractivity contribution in [3.63, 3.8) is 0 Å². The molecule has 0 radical (unpaired) electrons. The molecule has 0 aliphatic carbocycles. The van der Waals surface area contributed by atoms with Gasteiger partial charge in [0.2, 0.25) is 0 Å². The molecule has 0 bridgehead atoms. The molecule has 0 aliphatic heterocycles. The van der Waals surface area contributed by atoms with E-state index >= 15 is 0 Å². The number of ether oxygens (including phenoxy) is 1. The summed E-state index contributed by atoms with van der Waals surface area (Å²) in [5, 5.41) is 0. The number of benzene rings is 2. The third-order valence-electron chi connectivity index (χ3n) is 3.22. The summed E-state index contributed by atoms with van der Waals surface area (Å²) in [6, 6.07) is 14.0. The Kier molecular flexibility index (Phi) is 4.65. The molecule has 2 aromatic carbocycles. The van der Waals surface area contributed by atoms with Crippen molar-refractivity contribution in [2.45, 2.75) is 24.3 Å². The first-order valence-electron chi connectivity index (χ1n) is 6.73. The van der Waals surface area contributed by atoms with Crippen molar-refractivity contribution in [3.8, 4) is 11.5 Å². The van der Waals surface area contributed by atoms with Crippen molar-refractivity contribution >= 4 is 9.84 Å². The Hall–Kier alpha value is -1.85. The lowest BCUT2D eigenvalue weighted by Gasteiger charge is -2.11.